The Morgan fingerprint density at radius 3 is 2.93 bits per heavy atom. The van der Waals surface area contributed by atoms with Gasteiger partial charge in [-0.05, 0) is 24.6 Å². The fourth-order valence-corrected chi connectivity index (χ4v) is 1.55. The summed E-state index contributed by atoms with van der Waals surface area (Å²) in [5.74, 6) is -0.199. The highest BCUT2D eigenvalue weighted by molar-refractivity contribution is 9.10. The van der Waals surface area contributed by atoms with Gasteiger partial charge in [0, 0.05) is 16.7 Å². The summed E-state index contributed by atoms with van der Waals surface area (Å²) in [6.45, 7) is 2.61. The van der Waals surface area contributed by atoms with Crippen LogP contribution in [-0.2, 0) is 9.53 Å². The summed E-state index contributed by atoms with van der Waals surface area (Å²) in [6, 6.07) is 6.00. The standard InChI is InChI=1S/C11H14BrNO2/c1-8-3-4-9(12)7-10(8)13-6-5-11(14)15-2/h3-4,7,13H,5-6H2,1-2H3. The second-order valence-corrected chi connectivity index (χ2v) is 4.13. The van der Waals surface area contributed by atoms with Crippen molar-refractivity contribution in [3.63, 3.8) is 0 Å². The molecule has 4 heteroatoms. The smallest absolute Gasteiger partial charge is 0.307 e. The van der Waals surface area contributed by atoms with Crippen LogP contribution in [0.25, 0.3) is 0 Å². The summed E-state index contributed by atoms with van der Waals surface area (Å²) in [5, 5.41) is 3.19. The second kappa shape index (κ2) is 5.75. The van der Waals surface area contributed by atoms with E-state index in [0.29, 0.717) is 13.0 Å². The highest BCUT2D eigenvalue weighted by atomic mass is 79.9. The molecule has 0 atom stereocenters. The van der Waals surface area contributed by atoms with Gasteiger partial charge in [-0.15, -0.1) is 0 Å². The van der Waals surface area contributed by atoms with Crippen LogP contribution < -0.4 is 5.32 Å². The van der Waals surface area contributed by atoms with Crippen LogP contribution in [0.2, 0.25) is 0 Å². The van der Waals surface area contributed by atoms with E-state index < -0.39 is 0 Å². The Hall–Kier alpha value is -1.03. The Balaban J connectivity index is 2.50. The Kier molecular flexibility index (Phi) is 4.62. The van der Waals surface area contributed by atoms with E-state index in [9.17, 15) is 4.79 Å². The number of halogens is 1. The number of carbonyl (C=O) groups excluding carboxylic acids is 1. The number of aryl methyl sites for hydroxylation is 1. The maximum Gasteiger partial charge on any atom is 0.307 e. The summed E-state index contributed by atoms with van der Waals surface area (Å²) in [7, 11) is 1.40. The highest BCUT2D eigenvalue weighted by Gasteiger charge is 2.01. The number of rotatable bonds is 4. The van der Waals surface area contributed by atoms with Crippen molar-refractivity contribution in [1.29, 1.82) is 0 Å². The van der Waals surface area contributed by atoms with E-state index in [2.05, 4.69) is 26.0 Å². The quantitative estimate of drug-likeness (QED) is 0.856. The Morgan fingerprint density at radius 2 is 2.27 bits per heavy atom. The Labute approximate surface area is 97.9 Å². The SMILES string of the molecule is COC(=O)CCNc1cc(Br)ccc1C. The molecule has 0 aliphatic carbocycles. The number of ether oxygens (including phenoxy) is 1. The van der Waals surface area contributed by atoms with Crippen LogP contribution in [0.15, 0.2) is 22.7 Å². The number of hydrogen-bond acceptors (Lipinski definition) is 3. The lowest BCUT2D eigenvalue weighted by Gasteiger charge is -2.09. The van der Waals surface area contributed by atoms with Crippen LogP contribution in [0.4, 0.5) is 5.69 Å². The van der Waals surface area contributed by atoms with Gasteiger partial charge in [0.05, 0.1) is 13.5 Å². The van der Waals surface area contributed by atoms with Gasteiger partial charge in [0.25, 0.3) is 0 Å². The van der Waals surface area contributed by atoms with Crippen molar-refractivity contribution in [3.8, 4) is 0 Å². The molecule has 0 aliphatic rings. The molecule has 15 heavy (non-hydrogen) atoms. The molecule has 82 valence electrons. The molecule has 1 aromatic carbocycles. The van der Waals surface area contributed by atoms with E-state index in [1.807, 2.05) is 25.1 Å². The molecule has 0 saturated heterocycles. The molecular formula is C11H14BrNO2. The van der Waals surface area contributed by atoms with Crippen molar-refractivity contribution in [2.24, 2.45) is 0 Å². The molecule has 0 heterocycles. The van der Waals surface area contributed by atoms with Gasteiger partial charge >= 0.3 is 5.97 Å². The predicted octanol–water partition coefficient (Wildman–Crippen LogP) is 2.73. The number of benzene rings is 1. The summed E-state index contributed by atoms with van der Waals surface area (Å²) in [4.78, 5) is 10.9. The third-order valence-electron chi connectivity index (χ3n) is 2.07. The van der Waals surface area contributed by atoms with Crippen molar-refractivity contribution in [2.45, 2.75) is 13.3 Å². The minimum atomic E-state index is -0.199. The first-order valence-electron chi connectivity index (χ1n) is 4.70. The first-order valence-corrected chi connectivity index (χ1v) is 5.49. The molecule has 0 spiro atoms. The van der Waals surface area contributed by atoms with Gasteiger partial charge in [0.2, 0.25) is 0 Å². The van der Waals surface area contributed by atoms with Crippen LogP contribution in [0.5, 0.6) is 0 Å². The first kappa shape index (κ1) is 12.0. The monoisotopic (exact) mass is 271 g/mol. The molecule has 0 fully saturated rings. The lowest BCUT2D eigenvalue weighted by molar-refractivity contribution is -0.140. The first-order chi connectivity index (χ1) is 7.13. The third kappa shape index (κ3) is 3.91. The van der Waals surface area contributed by atoms with E-state index in [0.717, 1.165) is 15.7 Å². The average molecular weight is 272 g/mol. The molecule has 0 amide bonds. The van der Waals surface area contributed by atoms with Gasteiger partial charge in [-0.2, -0.15) is 0 Å². The van der Waals surface area contributed by atoms with Gasteiger partial charge in [-0.1, -0.05) is 22.0 Å². The summed E-state index contributed by atoms with van der Waals surface area (Å²) in [6.07, 6.45) is 0.377. The number of methoxy groups -OCH3 is 1. The van der Waals surface area contributed by atoms with E-state index in [4.69, 9.17) is 0 Å². The number of anilines is 1. The zero-order valence-electron chi connectivity index (χ0n) is 8.84. The maximum absolute atomic E-state index is 10.9. The van der Waals surface area contributed by atoms with E-state index in [1.54, 1.807) is 0 Å². The molecule has 1 aromatic rings. The number of hydrogen-bond donors (Lipinski definition) is 1. The van der Waals surface area contributed by atoms with E-state index in [-0.39, 0.29) is 5.97 Å². The molecule has 0 unspecified atom stereocenters. The summed E-state index contributed by atoms with van der Waals surface area (Å²) >= 11 is 3.40. The molecule has 0 saturated carbocycles. The topological polar surface area (TPSA) is 38.3 Å². The van der Waals surface area contributed by atoms with Gasteiger partial charge in [-0.3, -0.25) is 4.79 Å². The molecule has 3 nitrogen and oxygen atoms in total. The lowest BCUT2D eigenvalue weighted by Crippen LogP contribution is -2.10. The predicted molar refractivity (Wildman–Crippen MR) is 64.0 cm³/mol. The molecule has 0 aliphatic heterocycles. The summed E-state index contributed by atoms with van der Waals surface area (Å²) in [5.41, 5.74) is 2.19. The number of esters is 1. The van der Waals surface area contributed by atoms with Crippen molar-refractivity contribution < 1.29 is 9.53 Å². The maximum atomic E-state index is 10.9. The average Bonchev–Trinajstić information content (AvgIpc) is 2.23. The highest BCUT2D eigenvalue weighted by Crippen LogP contribution is 2.20. The fraction of sp³-hybridized carbons (Fsp3) is 0.364. The van der Waals surface area contributed by atoms with Crippen LogP contribution in [0.3, 0.4) is 0 Å². The summed E-state index contributed by atoms with van der Waals surface area (Å²) < 4.78 is 5.58. The van der Waals surface area contributed by atoms with Gasteiger partial charge in [0.15, 0.2) is 0 Å². The fourth-order valence-electron chi connectivity index (χ4n) is 1.19. The van der Waals surface area contributed by atoms with Crippen LogP contribution in [-0.4, -0.2) is 19.6 Å². The van der Waals surface area contributed by atoms with Gasteiger partial charge < -0.3 is 10.1 Å². The lowest BCUT2D eigenvalue weighted by atomic mass is 10.2. The van der Waals surface area contributed by atoms with Crippen LogP contribution >= 0.6 is 15.9 Å². The third-order valence-corrected chi connectivity index (χ3v) is 2.57. The zero-order valence-corrected chi connectivity index (χ0v) is 10.4. The van der Waals surface area contributed by atoms with Crippen molar-refractivity contribution >= 4 is 27.6 Å². The molecule has 1 rings (SSSR count). The van der Waals surface area contributed by atoms with Crippen LogP contribution in [0.1, 0.15) is 12.0 Å². The second-order valence-electron chi connectivity index (χ2n) is 3.21. The minimum absolute atomic E-state index is 0.199. The van der Waals surface area contributed by atoms with Gasteiger partial charge in [0.1, 0.15) is 0 Å². The van der Waals surface area contributed by atoms with E-state index in [1.165, 1.54) is 7.11 Å². The normalized spacial score (nSPS) is 9.80. The molecule has 1 N–H and O–H groups in total. The Morgan fingerprint density at radius 1 is 1.53 bits per heavy atom. The van der Waals surface area contributed by atoms with Crippen molar-refractivity contribution in [3.05, 3.63) is 28.2 Å². The van der Waals surface area contributed by atoms with Gasteiger partial charge in [-0.25, -0.2) is 0 Å². The molecular weight excluding hydrogens is 258 g/mol. The number of carbonyl (C=O) groups is 1. The van der Waals surface area contributed by atoms with E-state index >= 15 is 0 Å². The van der Waals surface area contributed by atoms with Crippen LogP contribution in [0, 0.1) is 6.92 Å². The minimum Gasteiger partial charge on any atom is -0.469 e. The van der Waals surface area contributed by atoms with Crippen molar-refractivity contribution in [2.75, 3.05) is 19.0 Å². The van der Waals surface area contributed by atoms with Crippen molar-refractivity contribution in [1.82, 2.24) is 0 Å². The zero-order chi connectivity index (χ0) is 11.3. The molecule has 0 radical (unpaired) electrons. The Bertz CT molecular complexity index is 352. The molecule has 0 bridgehead atoms. The largest absolute Gasteiger partial charge is 0.469 e. The molecule has 0 aromatic heterocycles. The number of nitrogens with one attached hydrogen (secondary N) is 1.